The van der Waals surface area contributed by atoms with Crippen molar-refractivity contribution in [2.75, 3.05) is 4.90 Å². The molecule has 1 heterocycles. The predicted octanol–water partition coefficient (Wildman–Crippen LogP) is 5.25. The number of hydrogen-bond acceptors (Lipinski definition) is 3. The number of amides is 1. The van der Waals surface area contributed by atoms with E-state index in [0.29, 0.717) is 23.4 Å². The molecule has 1 N–H and O–H groups in total. The van der Waals surface area contributed by atoms with Crippen molar-refractivity contribution in [1.82, 2.24) is 0 Å². The average molecular weight is 448 g/mol. The van der Waals surface area contributed by atoms with Crippen molar-refractivity contribution in [1.29, 1.82) is 0 Å². The van der Waals surface area contributed by atoms with Crippen LogP contribution in [-0.2, 0) is 29.8 Å². The van der Waals surface area contributed by atoms with E-state index in [1.54, 1.807) is 17.0 Å². The largest absolute Gasteiger partial charge is 0.375 e. The maximum Gasteiger partial charge on any atom is 0.264 e. The molecule has 0 bridgehead atoms. The van der Waals surface area contributed by atoms with E-state index in [2.05, 4.69) is 6.07 Å². The molecule has 2 aliphatic rings. The van der Waals surface area contributed by atoms with Crippen molar-refractivity contribution in [2.45, 2.75) is 38.3 Å². The van der Waals surface area contributed by atoms with Gasteiger partial charge in [-0.3, -0.25) is 9.59 Å². The van der Waals surface area contributed by atoms with Crippen molar-refractivity contribution in [3.05, 3.63) is 112 Å². The van der Waals surface area contributed by atoms with Crippen molar-refractivity contribution in [3.8, 4) is 0 Å². The summed E-state index contributed by atoms with van der Waals surface area (Å²) in [6.07, 6.45) is 1.67. The van der Waals surface area contributed by atoms with Crippen LogP contribution in [0, 0.1) is 6.92 Å². The Balaban J connectivity index is 1.39. The highest BCUT2D eigenvalue weighted by atomic mass is 16.3. The molecule has 1 atom stereocenters. The summed E-state index contributed by atoms with van der Waals surface area (Å²) in [5.74, 6) is -0.671. The molecule has 168 valence electrons. The lowest BCUT2D eigenvalue weighted by atomic mass is 9.86. The Hall–Kier alpha value is -3.76. The molecule has 4 heteroatoms. The molecule has 1 unspecified atom stereocenters. The molecule has 1 amide bonds. The van der Waals surface area contributed by atoms with Gasteiger partial charge in [-0.1, -0.05) is 72.8 Å². The van der Waals surface area contributed by atoms with Gasteiger partial charge in [0.15, 0.2) is 11.4 Å². The lowest BCUT2D eigenvalue weighted by Gasteiger charge is -2.23. The predicted molar refractivity (Wildman–Crippen MR) is 133 cm³/mol. The minimum absolute atomic E-state index is 0.223. The minimum Gasteiger partial charge on any atom is -0.375 e. The Kier molecular flexibility index (Phi) is 4.68. The summed E-state index contributed by atoms with van der Waals surface area (Å²) in [4.78, 5) is 28.9. The topological polar surface area (TPSA) is 57.6 Å². The van der Waals surface area contributed by atoms with E-state index >= 15 is 0 Å². The molecule has 4 aromatic carbocycles. The number of ketones is 1. The van der Waals surface area contributed by atoms with Gasteiger partial charge in [-0.25, -0.2) is 0 Å². The molecule has 1 aliphatic heterocycles. The summed E-state index contributed by atoms with van der Waals surface area (Å²) in [7, 11) is 0. The molecule has 1 aliphatic carbocycles. The molecule has 0 saturated heterocycles. The normalized spacial score (nSPS) is 18.5. The Morgan fingerprint density at radius 3 is 2.47 bits per heavy atom. The number of hydrogen-bond donors (Lipinski definition) is 1. The second kappa shape index (κ2) is 7.64. The number of fused-ring (bicyclic) bond motifs is 1. The van der Waals surface area contributed by atoms with Gasteiger partial charge in [0.05, 0.1) is 18.7 Å². The molecule has 6 rings (SSSR count). The first-order valence-electron chi connectivity index (χ1n) is 11.7. The Morgan fingerprint density at radius 1 is 0.912 bits per heavy atom. The quantitative estimate of drug-likeness (QED) is 0.425. The van der Waals surface area contributed by atoms with Gasteiger partial charge in [0.25, 0.3) is 5.91 Å². The van der Waals surface area contributed by atoms with Gasteiger partial charge >= 0.3 is 0 Å². The fourth-order valence-electron chi connectivity index (χ4n) is 5.61. The highest BCUT2D eigenvalue weighted by molar-refractivity contribution is 6.14. The summed E-state index contributed by atoms with van der Waals surface area (Å²) in [5, 5.41) is 13.8. The first-order valence-corrected chi connectivity index (χ1v) is 11.7. The first-order chi connectivity index (χ1) is 16.5. The number of para-hydroxylation sites is 1. The number of rotatable bonds is 5. The van der Waals surface area contributed by atoms with E-state index in [-0.39, 0.29) is 12.2 Å². The second-order valence-electron chi connectivity index (χ2n) is 9.41. The molecule has 34 heavy (non-hydrogen) atoms. The van der Waals surface area contributed by atoms with E-state index in [1.807, 2.05) is 67.6 Å². The average Bonchev–Trinajstić information content (AvgIpc) is 3.35. The summed E-state index contributed by atoms with van der Waals surface area (Å²) in [6.45, 7) is 2.35. The summed E-state index contributed by atoms with van der Waals surface area (Å²) >= 11 is 0. The molecule has 0 radical (unpaired) electrons. The van der Waals surface area contributed by atoms with Gasteiger partial charge in [-0.2, -0.15) is 0 Å². The zero-order valence-corrected chi connectivity index (χ0v) is 19.0. The van der Waals surface area contributed by atoms with Gasteiger partial charge in [-0.15, -0.1) is 0 Å². The van der Waals surface area contributed by atoms with Crippen LogP contribution in [0.25, 0.3) is 10.8 Å². The smallest absolute Gasteiger partial charge is 0.264 e. The standard InChI is InChI=1S/C30H25NO3/c1-19-7-2-3-8-22(19)18-31-26-12-5-4-11-25(26)30(34,29(31)33)17-27(32)23-16-15-21-14-13-20-9-6-10-24(23)28(20)21/h2-12,15-16,34H,13-14,17-18H2,1H3. The van der Waals surface area contributed by atoms with Crippen LogP contribution in [0.15, 0.2) is 78.9 Å². The summed E-state index contributed by atoms with van der Waals surface area (Å²) in [5.41, 5.74) is 4.43. The second-order valence-corrected chi connectivity index (χ2v) is 9.41. The maximum atomic E-state index is 13.7. The highest BCUT2D eigenvalue weighted by Gasteiger charge is 2.51. The molecule has 0 fully saturated rings. The minimum atomic E-state index is -1.89. The molecule has 0 spiro atoms. The Bertz CT molecular complexity index is 1480. The summed E-state index contributed by atoms with van der Waals surface area (Å²) < 4.78 is 0. The molecular weight excluding hydrogens is 422 g/mol. The van der Waals surface area contributed by atoms with Gasteiger partial charge in [-0.05, 0) is 58.9 Å². The van der Waals surface area contributed by atoms with Crippen LogP contribution in [0.1, 0.15) is 44.6 Å². The van der Waals surface area contributed by atoms with Crippen LogP contribution in [0.2, 0.25) is 0 Å². The molecule has 4 aromatic rings. The third-order valence-electron chi connectivity index (χ3n) is 7.42. The number of aliphatic hydroxyl groups is 1. The van der Waals surface area contributed by atoms with Crippen molar-refractivity contribution < 1.29 is 14.7 Å². The lowest BCUT2D eigenvalue weighted by molar-refractivity contribution is -0.136. The molecule has 0 aromatic heterocycles. The number of benzene rings is 4. The van der Waals surface area contributed by atoms with Crippen LogP contribution in [0.3, 0.4) is 0 Å². The number of aryl methyl sites for hydroxylation is 3. The highest BCUT2D eigenvalue weighted by Crippen LogP contribution is 2.44. The van der Waals surface area contributed by atoms with Gasteiger partial charge in [0, 0.05) is 11.1 Å². The zero-order valence-electron chi connectivity index (χ0n) is 19.0. The van der Waals surface area contributed by atoms with Gasteiger partial charge < -0.3 is 10.0 Å². The lowest BCUT2D eigenvalue weighted by Crippen LogP contribution is -2.41. The third-order valence-corrected chi connectivity index (χ3v) is 7.42. The van der Waals surface area contributed by atoms with Crippen LogP contribution in [-0.4, -0.2) is 16.8 Å². The van der Waals surface area contributed by atoms with E-state index in [4.69, 9.17) is 0 Å². The molecular formula is C30H25NO3. The molecule has 4 nitrogen and oxygen atoms in total. The number of carbonyl (C=O) groups excluding carboxylic acids is 2. The van der Waals surface area contributed by atoms with E-state index < -0.39 is 11.5 Å². The number of Topliss-reactive ketones (excluding diaryl/α,β-unsaturated/α-hetero) is 1. The molecule has 0 saturated carbocycles. The number of nitrogens with zero attached hydrogens (tertiary/aromatic N) is 1. The van der Waals surface area contributed by atoms with Crippen molar-refractivity contribution >= 4 is 28.2 Å². The summed E-state index contributed by atoms with van der Waals surface area (Å²) in [6, 6.07) is 25.1. The van der Waals surface area contributed by atoms with Crippen LogP contribution >= 0.6 is 0 Å². The number of carbonyl (C=O) groups is 2. The zero-order chi connectivity index (χ0) is 23.4. The van der Waals surface area contributed by atoms with E-state index in [1.165, 1.54) is 11.1 Å². The van der Waals surface area contributed by atoms with Gasteiger partial charge in [0.2, 0.25) is 0 Å². The monoisotopic (exact) mass is 447 g/mol. The van der Waals surface area contributed by atoms with E-state index in [0.717, 1.165) is 34.7 Å². The van der Waals surface area contributed by atoms with Crippen molar-refractivity contribution in [3.63, 3.8) is 0 Å². The fraction of sp³-hybridized carbons (Fsp3) is 0.200. The first kappa shape index (κ1) is 20.8. The number of anilines is 1. The third kappa shape index (κ3) is 3.02. The Labute approximate surface area is 198 Å². The fourth-order valence-corrected chi connectivity index (χ4v) is 5.61. The SMILES string of the molecule is Cc1ccccc1CN1C(=O)C(O)(CC(=O)c2ccc3c4c(cccc24)CC3)c2ccccc21. The van der Waals surface area contributed by atoms with Crippen LogP contribution in [0.5, 0.6) is 0 Å². The van der Waals surface area contributed by atoms with Crippen LogP contribution in [0.4, 0.5) is 5.69 Å². The van der Waals surface area contributed by atoms with E-state index in [9.17, 15) is 14.7 Å². The Morgan fingerprint density at radius 2 is 1.65 bits per heavy atom. The van der Waals surface area contributed by atoms with Crippen molar-refractivity contribution in [2.24, 2.45) is 0 Å². The van der Waals surface area contributed by atoms with Gasteiger partial charge in [0.1, 0.15) is 0 Å². The maximum absolute atomic E-state index is 13.7. The van der Waals surface area contributed by atoms with Crippen LogP contribution < -0.4 is 4.90 Å².